The molecule has 0 aliphatic rings. The third kappa shape index (κ3) is 6.93. The van der Waals surface area contributed by atoms with Crippen molar-refractivity contribution in [2.24, 2.45) is 0 Å². The Morgan fingerprint density at radius 1 is 1.39 bits per heavy atom. The van der Waals surface area contributed by atoms with Gasteiger partial charge in [0, 0.05) is 19.1 Å². The molecule has 5 nitrogen and oxygen atoms in total. The Bertz CT molecular complexity index is 257. The molecule has 0 aromatic rings. The summed E-state index contributed by atoms with van der Waals surface area (Å²) in [5.74, 6) is -0.826. The van der Waals surface area contributed by atoms with E-state index in [0.29, 0.717) is 13.2 Å². The Morgan fingerprint density at radius 3 is 2.33 bits per heavy atom. The molecule has 0 aromatic carbocycles. The van der Waals surface area contributed by atoms with Crippen molar-refractivity contribution in [1.29, 1.82) is 0 Å². The van der Waals surface area contributed by atoms with E-state index in [2.05, 4.69) is 5.32 Å². The number of ether oxygens (including phenoxy) is 1. The topological polar surface area (TPSA) is 61.8 Å². The zero-order chi connectivity index (χ0) is 14.3. The second-order valence-corrected chi connectivity index (χ2v) is 5.59. The summed E-state index contributed by atoms with van der Waals surface area (Å²) in [6, 6.07) is 0.131. The van der Waals surface area contributed by atoms with Crippen molar-refractivity contribution in [2.75, 3.05) is 26.7 Å². The summed E-state index contributed by atoms with van der Waals surface area (Å²) in [6.07, 6.45) is 0.207. The zero-order valence-electron chi connectivity index (χ0n) is 12.5. The summed E-state index contributed by atoms with van der Waals surface area (Å²) >= 11 is 0. The van der Waals surface area contributed by atoms with E-state index in [9.17, 15) is 9.90 Å². The van der Waals surface area contributed by atoms with E-state index in [0.717, 1.165) is 6.54 Å². The van der Waals surface area contributed by atoms with Gasteiger partial charge in [0.2, 0.25) is 0 Å². The van der Waals surface area contributed by atoms with Crippen LogP contribution in [0, 0.1) is 0 Å². The zero-order valence-corrected chi connectivity index (χ0v) is 12.5. The largest absolute Gasteiger partial charge is 0.480 e. The predicted molar refractivity (Wildman–Crippen MR) is 72.9 cm³/mol. The lowest BCUT2D eigenvalue weighted by Crippen LogP contribution is -2.58. The Balaban J connectivity index is 4.28. The van der Waals surface area contributed by atoms with Gasteiger partial charge in [-0.1, -0.05) is 0 Å². The van der Waals surface area contributed by atoms with Crippen LogP contribution in [0.2, 0.25) is 0 Å². The Morgan fingerprint density at radius 2 is 1.94 bits per heavy atom. The van der Waals surface area contributed by atoms with Crippen LogP contribution in [0.3, 0.4) is 0 Å². The normalized spacial score (nSPS) is 15.4. The molecule has 5 heteroatoms. The summed E-state index contributed by atoms with van der Waals surface area (Å²) < 4.78 is 5.46. The number of hydrogen-bond donors (Lipinski definition) is 2. The molecule has 0 rings (SSSR count). The lowest BCUT2D eigenvalue weighted by Gasteiger charge is -2.32. The van der Waals surface area contributed by atoms with Crippen LogP contribution >= 0.6 is 0 Å². The maximum atomic E-state index is 11.4. The average Bonchev–Trinajstić information content (AvgIpc) is 2.14. The minimum Gasteiger partial charge on any atom is -0.480 e. The first kappa shape index (κ1) is 17.4. The first-order chi connectivity index (χ1) is 8.17. The molecule has 2 N–H and O–H groups in total. The molecule has 0 spiro atoms. The Kier molecular flexibility index (Phi) is 7.43. The summed E-state index contributed by atoms with van der Waals surface area (Å²) in [5.41, 5.74) is -0.930. The van der Waals surface area contributed by atoms with Crippen molar-refractivity contribution >= 4 is 5.97 Å². The fraction of sp³-hybridized carbons (Fsp3) is 0.923. The number of nitrogens with zero attached hydrogens (tertiary/aromatic N) is 1. The number of nitrogens with one attached hydrogen (secondary N) is 1. The van der Waals surface area contributed by atoms with Crippen molar-refractivity contribution in [3.05, 3.63) is 0 Å². The van der Waals surface area contributed by atoms with E-state index in [1.165, 1.54) is 0 Å². The third-order valence-corrected chi connectivity index (χ3v) is 2.59. The molecule has 1 atom stereocenters. The van der Waals surface area contributed by atoms with E-state index in [4.69, 9.17) is 4.74 Å². The highest BCUT2D eigenvalue weighted by Crippen LogP contribution is 2.08. The van der Waals surface area contributed by atoms with Crippen LogP contribution in [-0.4, -0.2) is 60.4 Å². The molecule has 0 heterocycles. The van der Waals surface area contributed by atoms with Crippen molar-refractivity contribution in [1.82, 2.24) is 10.2 Å². The van der Waals surface area contributed by atoms with Crippen LogP contribution in [0.5, 0.6) is 0 Å². The van der Waals surface area contributed by atoms with Gasteiger partial charge in [0.15, 0.2) is 0 Å². The molecule has 108 valence electrons. The summed E-state index contributed by atoms with van der Waals surface area (Å²) in [6.45, 7) is 11.4. The number of carboxylic acid groups (broad SMARTS) is 1. The summed E-state index contributed by atoms with van der Waals surface area (Å²) in [4.78, 5) is 13.3. The van der Waals surface area contributed by atoms with Crippen LogP contribution < -0.4 is 5.32 Å². The van der Waals surface area contributed by atoms with Gasteiger partial charge in [-0.25, -0.2) is 0 Å². The number of rotatable bonds is 9. The number of carbonyl (C=O) groups is 1. The molecule has 0 bridgehead atoms. The number of hydrogen-bond acceptors (Lipinski definition) is 4. The number of aliphatic carboxylic acids is 1. The van der Waals surface area contributed by atoms with Gasteiger partial charge >= 0.3 is 5.97 Å². The van der Waals surface area contributed by atoms with Gasteiger partial charge in [-0.05, 0) is 41.7 Å². The maximum absolute atomic E-state index is 11.4. The molecule has 0 fully saturated rings. The van der Waals surface area contributed by atoms with Crippen LogP contribution in [0.15, 0.2) is 0 Å². The summed E-state index contributed by atoms with van der Waals surface area (Å²) in [7, 11) is 1.91. The molecule has 0 aromatic heterocycles. The molecule has 0 aliphatic carbocycles. The molecule has 1 unspecified atom stereocenters. The van der Waals surface area contributed by atoms with Crippen molar-refractivity contribution in [3.63, 3.8) is 0 Å². The molecular formula is C13H28N2O3. The lowest BCUT2D eigenvalue weighted by atomic mass is 10.0. The van der Waals surface area contributed by atoms with Gasteiger partial charge in [0.05, 0.1) is 12.7 Å². The van der Waals surface area contributed by atoms with Crippen molar-refractivity contribution in [3.8, 4) is 0 Å². The highest BCUT2D eigenvalue weighted by molar-refractivity contribution is 5.78. The first-order valence-electron chi connectivity index (χ1n) is 6.48. The number of carboxylic acids is 1. The molecular weight excluding hydrogens is 232 g/mol. The van der Waals surface area contributed by atoms with Gasteiger partial charge < -0.3 is 14.7 Å². The third-order valence-electron chi connectivity index (χ3n) is 2.59. The highest BCUT2D eigenvalue weighted by Gasteiger charge is 2.34. The quantitative estimate of drug-likeness (QED) is 0.652. The lowest BCUT2D eigenvalue weighted by molar-refractivity contribution is -0.145. The number of likely N-dealkylation sites (N-methyl/N-ethyl adjacent to an activating group) is 1. The predicted octanol–water partition coefficient (Wildman–Crippen LogP) is 1.18. The highest BCUT2D eigenvalue weighted by atomic mass is 16.5. The monoisotopic (exact) mass is 260 g/mol. The minimum absolute atomic E-state index is 0.131. The van der Waals surface area contributed by atoms with Gasteiger partial charge in [-0.2, -0.15) is 0 Å². The van der Waals surface area contributed by atoms with E-state index < -0.39 is 11.5 Å². The van der Waals surface area contributed by atoms with E-state index >= 15 is 0 Å². The smallest absolute Gasteiger partial charge is 0.324 e. The molecule has 0 saturated heterocycles. The van der Waals surface area contributed by atoms with Gasteiger partial charge in [-0.3, -0.25) is 10.1 Å². The first-order valence-corrected chi connectivity index (χ1v) is 6.48. The van der Waals surface area contributed by atoms with Gasteiger partial charge in [-0.15, -0.1) is 0 Å². The second-order valence-electron chi connectivity index (χ2n) is 5.59. The van der Waals surface area contributed by atoms with Crippen molar-refractivity contribution in [2.45, 2.75) is 52.3 Å². The van der Waals surface area contributed by atoms with Crippen LogP contribution in [-0.2, 0) is 9.53 Å². The van der Waals surface area contributed by atoms with Crippen LogP contribution in [0.25, 0.3) is 0 Å². The van der Waals surface area contributed by atoms with E-state index in [-0.39, 0.29) is 12.1 Å². The Hall–Kier alpha value is -0.650. The minimum atomic E-state index is -0.930. The average molecular weight is 260 g/mol. The SMILES string of the molecule is CC(C)NC(C)(CN(C)CCOC(C)C)C(=O)O. The standard InChI is InChI=1S/C13H28N2O3/c1-10(2)14-13(5,12(16)17)9-15(6)7-8-18-11(3)4/h10-11,14H,7-9H2,1-6H3,(H,16,17). The molecule has 0 amide bonds. The van der Waals surface area contributed by atoms with Crippen molar-refractivity contribution < 1.29 is 14.6 Å². The molecule has 0 radical (unpaired) electrons. The fourth-order valence-corrected chi connectivity index (χ4v) is 1.88. The summed E-state index contributed by atoms with van der Waals surface area (Å²) in [5, 5.41) is 12.4. The molecule has 0 saturated carbocycles. The van der Waals surface area contributed by atoms with Crippen LogP contribution in [0.4, 0.5) is 0 Å². The fourth-order valence-electron chi connectivity index (χ4n) is 1.88. The van der Waals surface area contributed by atoms with Crippen LogP contribution in [0.1, 0.15) is 34.6 Å². The van der Waals surface area contributed by atoms with E-state index in [1.807, 2.05) is 39.6 Å². The molecule has 0 aliphatic heterocycles. The van der Waals surface area contributed by atoms with Gasteiger partial charge in [0.1, 0.15) is 5.54 Å². The maximum Gasteiger partial charge on any atom is 0.324 e. The Labute approximate surface area is 110 Å². The second kappa shape index (κ2) is 7.71. The van der Waals surface area contributed by atoms with E-state index in [1.54, 1.807) is 6.92 Å². The molecule has 18 heavy (non-hydrogen) atoms. The van der Waals surface area contributed by atoms with Gasteiger partial charge in [0.25, 0.3) is 0 Å².